The van der Waals surface area contributed by atoms with Crippen LogP contribution in [-0.2, 0) is 4.43 Å². The number of hydrogen-bond acceptors (Lipinski definition) is 2. The summed E-state index contributed by atoms with van der Waals surface area (Å²) in [5.74, 6) is 0. The Bertz CT molecular complexity index is 542. The van der Waals surface area contributed by atoms with Crippen molar-refractivity contribution in [3.63, 3.8) is 0 Å². The molecule has 23 heavy (non-hydrogen) atoms. The Morgan fingerprint density at radius 2 is 1.74 bits per heavy atom. The first-order valence-corrected chi connectivity index (χ1v) is 12.2. The predicted octanol–water partition coefficient (Wildman–Crippen LogP) is 6.74. The molecular formula is C18H29Cl2NOSi. The zero-order valence-corrected chi connectivity index (χ0v) is 17.4. The lowest BCUT2D eigenvalue weighted by Crippen LogP contribution is -2.49. The van der Waals surface area contributed by atoms with Crippen LogP contribution in [0.1, 0.15) is 46.5 Å². The molecule has 0 radical (unpaired) electrons. The number of benzene rings is 1. The number of nitrogens with one attached hydrogen (secondary N) is 1. The van der Waals surface area contributed by atoms with Gasteiger partial charge in [0, 0.05) is 5.69 Å². The Kier molecular flexibility index (Phi) is 6.10. The van der Waals surface area contributed by atoms with Gasteiger partial charge in [-0.3, -0.25) is 0 Å². The zero-order valence-electron chi connectivity index (χ0n) is 14.9. The molecule has 1 N–H and O–H groups in total. The van der Waals surface area contributed by atoms with Gasteiger partial charge in [-0.05, 0) is 49.2 Å². The van der Waals surface area contributed by atoms with Crippen LogP contribution in [0, 0.1) is 0 Å². The maximum absolute atomic E-state index is 6.70. The summed E-state index contributed by atoms with van der Waals surface area (Å²) < 4.78 is 6.70. The minimum Gasteiger partial charge on any atom is -0.412 e. The van der Waals surface area contributed by atoms with Gasteiger partial charge in [0.1, 0.15) is 0 Å². The van der Waals surface area contributed by atoms with E-state index in [-0.39, 0.29) is 11.1 Å². The zero-order chi connectivity index (χ0) is 17.3. The molecule has 2 rings (SSSR count). The van der Waals surface area contributed by atoms with E-state index in [1.807, 2.05) is 18.2 Å². The standard InChI is InChI=1S/C18H29Cl2NOSi/c1-18(2,3)23(4,5)22-17-9-7-6-8-16(17)21-13-10-11-14(19)15(20)12-13/h10-12,16-17,21H,6-9H2,1-5H3/t16-,17-/m1/s1. The van der Waals surface area contributed by atoms with Gasteiger partial charge in [-0.2, -0.15) is 0 Å². The van der Waals surface area contributed by atoms with E-state index >= 15 is 0 Å². The number of anilines is 1. The molecule has 0 saturated heterocycles. The maximum atomic E-state index is 6.70. The first-order chi connectivity index (χ1) is 10.6. The van der Waals surface area contributed by atoms with Crippen molar-refractivity contribution >= 4 is 37.2 Å². The van der Waals surface area contributed by atoms with E-state index in [9.17, 15) is 0 Å². The Hall–Kier alpha value is -0.223. The molecule has 1 aromatic rings. The molecule has 0 aromatic heterocycles. The van der Waals surface area contributed by atoms with E-state index in [0.29, 0.717) is 16.1 Å². The molecule has 0 spiro atoms. The summed E-state index contributed by atoms with van der Waals surface area (Å²) in [6.07, 6.45) is 5.04. The van der Waals surface area contributed by atoms with Crippen molar-refractivity contribution < 1.29 is 4.43 Å². The predicted molar refractivity (Wildman–Crippen MR) is 104 cm³/mol. The highest BCUT2D eigenvalue weighted by Gasteiger charge is 2.41. The molecule has 2 atom stereocenters. The third-order valence-corrected chi connectivity index (χ3v) is 10.5. The Balaban J connectivity index is 2.10. The largest absolute Gasteiger partial charge is 0.412 e. The molecule has 0 aliphatic heterocycles. The quantitative estimate of drug-likeness (QED) is 0.589. The molecule has 2 nitrogen and oxygen atoms in total. The van der Waals surface area contributed by atoms with E-state index in [0.717, 1.165) is 18.5 Å². The fourth-order valence-electron chi connectivity index (χ4n) is 2.76. The van der Waals surface area contributed by atoms with E-state index in [4.69, 9.17) is 27.6 Å². The second-order valence-electron chi connectivity index (χ2n) is 8.08. The SMILES string of the molecule is CC(C)(C)[Si](C)(C)O[C@@H]1CCCC[C@H]1Nc1ccc(Cl)c(Cl)c1. The third kappa shape index (κ3) is 4.88. The lowest BCUT2D eigenvalue weighted by molar-refractivity contribution is 0.124. The van der Waals surface area contributed by atoms with Gasteiger partial charge in [0.15, 0.2) is 8.32 Å². The van der Waals surface area contributed by atoms with Gasteiger partial charge < -0.3 is 9.74 Å². The number of rotatable bonds is 4. The highest BCUT2D eigenvalue weighted by atomic mass is 35.5. The fraction of sp³-hybridized carbons (Fsp3) is 0.667. The van der Waals surface area contributed by atoms with E-state index in [1.54, 1.807) is 0 Å². The molecule has 0 unspecified atom stereocenters. The van der Waals surface area contributed by atoms with Crippen molar-refractivity contribution in [1.29, 1.82) is 0 Å². The van der Waals surface area contributed by atoms with Gasteiger partial charge in [0.2, 0.25) is 0 Å². The normalized spacial score (nSPS) is 22.9. The van der Waals surface area contributed by atoms with Crippen LogP contribution in [0.3, 0.4) is 0 Å². The van der Waals surface area contributed by atoms with Gasteiger partial charge in [0.25, 0.3) is 0 Å². The summed E-state index contributed by atoms with van der Waals surface area (Å²) in [7, 11) is -1.76. The topological polar surface area (TPSA) is 21.3 Å². The summed E-state index contributed by atoms with van der Waals surface area (Å²) in [6, 6.07) is 6.09. The van der Waals surface area contributed by atoms with Crippen LogP contribution in [0.25, 0.3) is 0 Å². The van der Waals surface area contributed by atoms with E-state index < -0.39 is 8.32 Å². The van der Waals surface area contributed by atoms with Crippen LogP contribution in [-0.4, -0.2) is 20.5 Å². The van der Waals surface area contributed by atoms with Crippen LogP contribution in [0.15, 0.2) is 18.2 Å². The Morgan fingerprint density at radius 3 is 2.35 bits per heavy atom. The average Bonchev–Trinajstić information content (AvgIpc) is 2.43. The molecule has 130 valence electrons. The van der Waals surface area contributed by atoms with Crippen molar-refractivity contribution in [2.24, 2.45) is 0 Å². The molecule has 1 aromatic carbocycles. The molecule has 0 heterocycles. The Labute approximate surface area is 152 Å². The average molecular weight is 374 g/mol. The minimum atomic E-state index is -1.76. The van der Waals surface area contributed by atoms with Gasteiger partial charge in [-0.15, -0.1) is 0 Å². The van der Waals surface area contributed by atoms with Gasteiger partial charge in [-0.25, -0.2) is 0 Å². The van der Waals surface area contributed by atoms with Gasteiger partial charge in [0.05, 0.1) is 22.2 Å². The summed E-state index contributed by atoms with van der Waals surface area (Å²) in [4.78, 5) is 0. The number of halogens is 2. The second kappa shape index (κ2) is 7.34. The van der Waals surface area contributed by atoms with Crippen molar-refractivity contribution in [3.8, 4) is 0 Å². The van der Waals surface area contributed by atoms with E-state index in [1.165, 1.54) is 12.8 Å². The van der Waals surface area contributed by atoms with Crippen molar-refractivity contribution in [3.05, 3.63) is 28.2 Å². The molecular weight excluding hydrogens is 345 g/mol. The summed E-state index contributed by atoms with van der Waals surface area (Å²) >= 11 is 12.1. The molecule has 0 bridgehead atoms. The lowest BCUT2D eigenvalue weighted by Gasteiger charge is -2.43. The first kappa shape index (κ1) is 19.1. The first-order valence-electron chi connectivity index (χ1n) is 8.49. The fourth-order valence-corrected chi connectivity index (χ4v) is 4.45. The van der Waals surface area contributed by atoms with Crippen LogP contribution < -0.4 is 5.32 Å². The third-order valence-electron chi connectivity index (χ3n) is 5.23. The van der Waals surface area contributed by atoms with Crippen molar-refractivity contribution in [2.75, 3.05) is 5.32 Å². The van der Waals surface area contributed by atoms with Crippen molar-refractivity contribution in [1.82, 2.24) is 0 Å². The lowest BCUT2D eigenvalue weighted by atomic mass is 9.92. The number of hydrogen-bond donors (Lipinski definition) is 1. The highest BCUT2D eigenvalue weighted by molar-refractivity contribution is 6.74. The van der Waals surface area contributed by atoms with Gasteiger partial charge >= 0.3 is 0 Å². The molecule has 1 fully saturated rings. The van der Waals surface area contributed by atoms with Crippen LogP contribution in [0.5, 0.6) is 0 Å². The Morgan fingerprint density at radius 1 is 1.09 bits per heavy atom. The monoisotopic (exact) mass is 373 g/mol. The van der Waals surface area contributed by atoms with Crippen molar-refractivity contribution in [2.45, 2.75) is 76.7 Å². The minimum absolute atomic E-state index is 0.235. The highest BCUT2D eigenvalue weighted by Crippen LogP contribution is 2.39. The second-order valence-corrected chi connectivity index (χ2v) is 13.7. The molecule has 1 aliphatic rings. The summed E-state index contributed by atoms with van der Waals surface area (Å²) in [5.41, 5.74) is 1.02. The molecule has 0 amide bonds. The van der Waals surface area contributed by atoms with Gasteiger partial charge in [-0.1, -0.05) is 56.8 Å². The molecule has 1 saturated carbocycles. The molecule has 5 heteroatoms. The van der Waals surface area contributed by atoms with E-state index in [2.05, 4.69) is 39.2 Å². The summed E-state index contributed by atoms with van der Waals surface area (Å²) in [5, 5.41) is 5.05. The maximum Gasteiger partial charge on any atom is 0.192 e. The van der Waals surface area contributed by atoms with Crippen LogP contribution in [0.2, 0.25) is 28.2 Å². The van der Waals surface area contributed by atoms with Crippen LogP contribution in [0.4, 0.5) is 5.69 Å². The smallest absolute Gasteiger partial charge is 0.192 e. The molecule has 1 aliphatic carbocycles. The summed E-state index contributed by atoms with van der Waals surface area (Å²) in [6.45, 7) is 11.5. The van der Waals surface area contributed by atoms with Crippen LogP contribution >= 0.6 is 23.2 Å².